The standard InChI is InChI=1S/2C4H4O4.Hf/c2*5-3(6)1-2-4(7)8;/h2*1-2H,(H,5,6)(H,7,8);/q;;+4/p-4/b2*2-1+;. The van der Waals surface area contributed by atoms with Gasteiger partial charge >= 0.3 is 25.8 Å². The van der Waals surface area contributed by atoms with Gasteiger partial charge < -0.3 is 39.6 Å². The molecular weight excluding hydrogens is 403 g/mol. The Labute approximate surface area is 114 Å². The Kier molecular flexibility index (Phi) is 14.9. The van der Waals surface area contributed by atoms with Crippen molar-refractivity contribution >= 4 is 23.9 Å². The zero-order chi connectivity index (χ0) is 13.1. The summed E-state index contributed by atoms with van der Waals surface area (Å²) in [5.74, 6) is -6.19. The van der Waals surface area contributed by atoms with E-state index < -0.39 is 23.9 Å². The second-order valence-electron chi connectivity index (χ2n) is 1.94. The molecule has 0 spiro atoms. The van der Waals surface area contributed by atoms with E-state index in [-0.39, 0.29) is 25.8 Å². The van der Waals surface area contributed by atoms with Crippen LogP contribution in [0.25, 0.3) is 0 Å². The third-order valence-corrected chi connectivity index (χ3v) is 0.711. The van der Waals surface area contributed by atoms with E-state index in [0.29, 0.717) is 24.3 Å². The molecule has 0 aromatic carbocycles. The first-order valence-corrected chi connectivity index (χ1v) is 3.45. The van der Waals surface area contributed by atoms with Gasteiger partial charge in [-0.15, -0.1) is 0 Å². The van der Waals surface area contributed by atoms with Gasteiger partial charge in [-0.05, 0) is 24.3 Å². The monoisotopic (exact) mass is 408 g/mol. The van der Waals surface area contributed by atoms with Gasteiger partial charge in [0.15, 0.2) is 0 Å². The minimum absolute atomic E-state index is 0. The molecule has 0 unspecified atom stereocenters. The van der Waals surface area contributed by atoms with Gasteiger partial charge in [0.2, 0.25) is 0 Å². The maximum Gasteiger partial charge on any atom is 4.00 e. The maximum absolute atomic E-state index is 9.41. The number of hydrogen-bond acceptors (Lipinski definition) is 8. The molecule has 0 aliphatic heterocycles. The van der Waals surface area contributed by atoms with E-state index in [1.165, 1.54) is 0 Å². The van der Waals surface area contributed by atoms with Gasteiger partial charge in [-0.25, -0.2) is 0 Å². The molecule has 0 amide bonds. The van der Waals surface area contributed by atoms with Crippen LogP contribution in [-0.4, -0.2) is 23.9 Å². The van der Waals surface area contributed by atoms with Crippen LogP contribution < -0.4 is 20.4 Å². The van der Waals surface area contributed by atoms with Gasteiger partial charge in [-0.1, -0.05) is 0 Å². The Morgan fingerprint density at radius 3 is 0.706 bits per heavy atom. The van der Waals surface area contributed by atoms with Gasteiger partial charge in [0.05, 0.1) is 23.9 Å². The molecule has 0 fully saturated rings. The van der Waals surface area contributed by atoms with Gasteiger partial charge in [-0.3, -0.25) is 0 Å². The number of hydrogen-bond donors (Lipinski definition) is 0. The molecule has 0 saturated heterocycles. The van der Waals surface area contributed by atoms with Crippen molar-refractivity contribution in [1.82, 2.24) is 0 Å². The van der Waals surface area contributed by atoms with Crippen LogP contribution in [0.1, 0.15) is 0 Å². The van der Waals surface area contributed by atoms with Crippen LogP contribution >= 0.6 is 0 Å². The molecule has 0 atom stereocenters. The largest absolute Gasteiger partial charge is 4.00 e. The smallest absolute Gasteiger partial charge is 0.545 e. The normalized spacial score (nSPS) is 8.94. The molecule has 0 saturated carbocycles. The van der Waals surface area contributed by atoms with E-state index in [4.69, 9.17) is 0 Å². The van der Waals surface area contributed by atoms with E-state index in [2.05, 4.69) is 0 Å². The van der Waals surface area contributed by atoms with Crippen LogP contribution in [0.3, 0.4) is 0 Å². The van der Waals surface area contributed by atoms with Gasteiger partial charge in [-0.2, -0.15) is 0 Å². The zero-order valence-electron chi connectivity index (χ0n) is 8.08. The fourth-order valence-electron chi connectivity index (χ4n) is 0.272. The topological polar surface area (TPSA) is 161 Å². The summed E-state index contributed by atoms with van der Waals surface area (Å²) in [5.41, 5.74) is 0. The summed E-state index contributed by atoms with van der Waals surface area (Å²) in [4.78, 5) is 37.7. The second-order valence-corrected chi connectivity index (χ2v) is 1.94. The molecule has 0 aromatic heterocycles. The quantitative estimate of drug-likeness (QED) is 0.329. The fraction of sp³-hybridized carbons (Fsp3) is 0. The molecular formula is C8H4HfO8. The number of carbonyl (C=O) groups excluding carboxylic acids is 4. The zero-order valence-corrected chi connectivity index (χ0v) is 11.7. The Bertz CT molecular complexity index is 277. The fourth-order valence-corrected chi connectivity index (χ4v) is 0.272. The van der Waals surface area contributed by atoms with Crippen molar-refractivity contribution in [3.63, 3.8) is 0 Å². The van der Waals surface area contributed by atoms with Crippen molar-refractivity contribution in [2.75, 3.05) is 0 Å². The number of carboxylic acids is 4. The molecule has 0 radical (unpaired) electrons. The number of rotatable bonds is 4. The summed E-state index contributed by atoms with van der Waals surface area (Å²) in [5, 5.41) is 37.7. The molecule has 8 nitrogen and oxygen atoms in total. The van der Waals surface area contributed by atoms with Crippen molar-refractivity contribution in [1.29, 1.82) is 0 Å². The van der Waals surface area contributed by atoms with E-state index in [1.54, 1.807) is 0 Å². The van der Waals surface area contributed by atoms with Crippen LogP contribution in [0.5, 0.6) is 0 Å². The van der Waals surface area contributed by atoms with Crippen molar-refractivity contribution in [2.24, 2.45) is 0 Å². The van der Waals surface area contributed by atoms with Gasteiger partial charge in [0.25, 0.3) is 0 Å². The molecule has 0 aromatic rings. The summed E-state index contributed by atoms with van der Waals surface area (Å²) in [6.45, 7) is 0. The van der Waals surface area contributed by atoms with Crippen LogP contribution in [0.4, 0.5) is 0 Å². The average molecular weight is 407 g/mol. The Balaban J connectivity index is -0.000000218. The van der Waals surface area contributed by atoms with Crippen molar-refractivity contribution in [2.45, 2.75) is 0 Å². The van der Waals surface area contributed by atoms with Crippen LogP contribution in [0.15, 0.2) is 24.3 Å². The molecule has 88 valence electrons. The maximum atomic E-state index is 9.41. The Hall–Kier alpha value is -1.77. The van der Waals surface area contributed by atoms with Crippen molar-refractivity contribution in [3.05, 3.63) is 24.3 Å². The predicted molar refractivity (Wildman–Crippen MR) is 38.3 cm³/mol. The molecule has 0 N–H and O–H groups in total. The van der Waals surface area contributed by atoms with Gasteiger partial charge in [0.1, 0.15) is 0 Å². The third-order valence-electron chi connectivity index (χ3n) is 0.711. The second kappa shape index (κ2) is 12.3. The predicted octanol–water partition coefficient (Wildman–Crippen LogP) is -5.92. The average Bonchev–Trinajstić information content (AvgIpc) is 2.12. The molecule has 0 aliphatic rings. The Morgan fingerprint density at radius 2 is 0.647 bits per heavy atom. The van der Waals surface area contributed by atoms with E-state index in [1.807, 2.05) is 0 Å². The third kappa shape index (κ3) is 31.4. The van der Waals surface area contributed by atoms with E-state index in [0.717, 1.165) is 0 Å². The first-order chi connectivity index (χ1) is 7.25. The Morgan fingerprint density at radius 1 is 0.529 bits per heavy atom. The first kappa shape index (κ1) is 20.6. The minimum atomic E-state index is -1.55. The van der Waals surface area contributed by atoms with E-state index in [9.17, 15) is 39.6 Å². The van der Waals surface area contributed by atoms with E-state index >= 15 is 0 Å². The number of carboxylic acid groups (broad SMARTS) is 4. The SMILES string of the molecule is O=C([O-])/C=C/C(=O)[O-].O=C([O-])/C=C/C(=O)[O-].[Hf+4]. The summed E-state index contributed by atoms with van der Waals surface area (Å²) >= 11 is 0. The number of carbonyl (C=O) groups is 4. The molecule has 0 rings (SSSR count). The minimum Gasteiger partial charge on any atom is -0.545 e. The van der Waals surface area contributed by atoms with Gasteiger partial charge in [0, 0.05) is 0 Å². The molecule has 0 heterocycles. The summed E-state index contributed by atoms with van der Waals surface area (Å²) in [7, 11) is 0. The van der Waals surface area contributed by atoms with Crippen LogP contribution in [-0.2, 0) is 45.0 Å². The summed E-state index contributed by atoms with van der Waals surface area (Å²) in [6.07, 6.45) is 1.54. The molecule has 0 aliphatic carbocycles. The van der Waals surface area contributed by atoms with Crippen LogP contribution in [0.2, 0.25) is 0 Å². The van der Waals surface area contributed by atoms with Crippen LogP contribution in [0, 0.1) is 0 Å². The summed E-state index contributed by atoms with van der Waals surface area (Å²) < 4.78 is 0. The van der Waals surface area contributed by atoms with Crippen molar-refractivity contribution in [3.8, 4) is 0 Å². The molecule has 17 heavy (non-hydrogen) atoms. The molecule has 9 heteroatoms. The summed E-state index contributed by atoms with van der Waals surface area (Å²) in [6, 6.07) is 0. The van der Waals surface area contributed by atoms with Crippen molar-refractivity contribution < 1.29 is 65.4 Å². The first-order valence-electron chi connectivity index (χ1n) is 3.45. The molecule has 0 bridgehead atoms. The number of aliphatic carboxylic acids is 4.